The van der Waals surface area contributed by atoms with E-state index in [0.717, 1.165) is 24.0 Å². The average molecular weight is 396 g/mol. The number of rotatable bonds is 11. The van der Waals surface area contributed by atoms with Crippen molar-refractivity contribution in [2.45, 2.75) is 52.1 Å². The fraction of sp³-hybridized carbons (Fsp3) is 0.417. The molecule has 156 valence electrons. The van der Waals surface area contributed by atoms with Gasteiger partial charge < -0.3 is 16.0 Å². The monoisotopic (exact) mass is 395 g/mol. The zero-order valence-electron chi connectivity index (χ0n) is 17.7. The summed E-state index contributed by atoms with van der Waals surface area (Å²) in [4.78, 5) is 24.5. The average Bonchev–Trinajstić information content (AvgIpc) is 2.72. The fourth-order valence-corrected chi connectivity index (χ4v) is 3.09. The topological polar surface area (TPSA) is 70.2 Å². The van der Waals surface area contributed by atoms with Gasteiger partial charge in [0.15, 0.2) is 0 Å². The predicted octanol–water partition coefficient (Wildman–Crippen LogP) is 3.30. The van der Waals surface area contributed by atoms with Gasteiger partial charge in [0.25, 0.3) is 0 Å². The molecule has 0 aliphatic heterocycles. The van der Waals surface area contributed by atoms with Crippen LogP contribution in [-0.2, 0) is 16.0 Å². The molecule has 2 rings (SSSR count). The fourth-order valence-electron chi connectivity index (χ4n) is 3.09. The summed E-state index contributed by atoms with van der Waals surface area (Å²) in [5.41, 5.74) is 3.39. The number of hydrogen-bond donors (Lipinski definition) is 3. The number of amides is 2. The molecule has 0 bridgehead atoms. The van der Waals surface area contributed by atoms with E-state index in [-0.39, 0.29) is 30.4 Å². The Labute approximate surface area is 174 Å². The van der Waals surface area contributed by atoms with Gasteiger partial charge in [-0.2, -0.15) is 0 Å². The molecule has 1 atom stereocenters. The van der Waals surface area contributed by atoms with Gasteiger partial charge in [0.05, 0.1) is 12.6 Å². The Morgan fingerprint density at radius 3 is 2.17 bits per heavy atom. The zero-order chi connectivity index (χ0) is 21.1. The molecular weight excluding hydrogens is 362 g/mol. The second-order valence-electron chi connectivity index (χ2n) is 7.56. The molecule has 0 aromatic heterocycles. The van der Waals surface area contributed by atoms with E-state index < -0.39 is 0 Å². The lowest BCUT2D eigenvalue weighted by molar-refractivity contribution is -0.127. The van der Waals surface area contributed by atoms with E-state index in [1.165, 1.54) is 5.56 Å². The van der Waals surface area contributed by atoms with Crippen LogP contribution in [-0.4, -0.2) is 37.0 Å². The smallest absolute Gasteiger partial charge is 0.239 e. The van der Waals surface area contributed by atoms with Crippen molar-refractivity contribution in [1.29, 1.82) is 0 Å². The number of hydrogen-bond acceptors (Lipinski definition) is 3. The van der Waals surface area contributed by atoms with Crippen molar-refractivity contribution in [3.05, 3.63) is 60.2 Å². The Hall–Kier alpha value is -2.66. The Kier molecular flexibility index (Phi) is 9.38. The number of benzene rings is 2. The third kappa shape index (κ3) is 8.08. The highest BCUT2D eigenvalue weighted by Gasteiger charge is 2.20. The highest BCUT2D eigenvalue weighted by molar-refractivity contribution is 5.87. The van der Waals surface area contributed by atoms with Gasteiger partial charge in [-0.25, -0.2) is 0 Å². The van der Waals surface area contributed by atoms with E-state index in [9.17, 15) is 9.59 Å². The molecule has 0 spiro atoms. The molecule has 0 saturated heterocycles. The third-order valence-corrected chi connectivity index (χ3v) is 4.63. The molecule has 0 saturated carbocycles. The van der Waals surface area contributed by atoms with Gasteiger partial charge in [-0.1, -0.05) is 81.8 Å². The summed E-state index contributed by atoms with van der Waals surface area (Å²) in [5, 5.41) is 8.88. The Morgan fingerprint density at radius 2 is 1.55 bits per heavy atom. The molecule has 0 fully saturated rings. The minimum atomic E-state index is -0.388. The highest BCUT2D eigenvalue weighted by atomic mass is 16.2. The molecule has 2 amide bonds. The number of carbonyl (C=O) groups excluding carboxylic acids is 2. The van der Waals surface area contributed by atoms with Gasteiger partial charge >= 0.3 is 0 Å². The van der Waals surface area contributed by atoms with E-state index in [1.54, 1.807) is 0 Å². The normalized spacial score (nSPS) is 11.9. The second kappa shape index (κ2) is 12.0. The van der Waals surface area contributed by atoms with Gasteiger partial charge in [0, 0.05) is 12.6 Å². The maximum absolute atomic E-state index is 12.7. The highest BCUT2D eigenvalue weighted by Crippen LogP contribution is 2.19. The first kappa shape index (κ1) is 22.6. The van der Waals surface area contributed by atoms with E-state index in [4.69, 9.17) is 0 Å². The van der Waals surface area contributed by atoms with Crippen molar-refractivity contribution in [2.75, 3.05) is 13.1 Å². The van der Waals surface area contributed by atoms with Crippen LogP contribution >= 0.6 is 0 Å². The van der Waals surface area contributed by atoms with Crippen LogP contribution < -0.4 is 16.0 Å². The number of carbonyl (C=O) groups is 2. The maximum atomic E-state index is 12.7. The molecule has 5 heteroatoms. The molecule has 5 nitrogen and oxygen atoms in total. The van der Waals surface area contributed by atoms with Gasteiger partial charge in [-0.15, -0.1) is 0 Å². The van der Waals surface area contributed by atoms with Crippen molar-refractivity contribution >= 4 is 11.8 Å². The van der Waals surface area contributed by atoms with Gasteiger partial charge in [-0.05, 0) is 29.5 Å². The molecule has 2 aromatic rings. The van der Waals surface area contributed by atoms with Crippen LogP contribution in [0.4, 0.5) is 0 Å². The van der Waals surface area contributed by atoms with Crippen molar-refractivity contribution in [3.8, 4) is 11.1 Å². The molecule has 2 aromatic carbocycles. The van der Waals surface area contributed by atoms with Crippen LogP contribution in [0.3, 0.4) is 0 Å². The van der Waals surface area contributed by atoms with E-state index in [2.05, 4.69) is 59.3 Å². The van der Waals surface area contributed by atoms with Crippen molar-refractivity contribution in [1.82, 2.24) is 16.0 Å². The maximum Gasteiger partial charge on any atom is 0.239 e. The standard InChI is InChI=1S/C24H33N3O2/c1-4-5-15-25-23(28)17-26-24(29)22(27-18(2)3)16-19-11-13-21(14-12-19)20-9-7-6-8-10-20/h6-14,18,22,27H,4-5,15-17H2,1-3H3,(H,25,28)(H,26,29). The summed E-state index contributed by atoms with van der Waals surface area (Å²) >= 11 is 0. The molecule has 29 heavy (non-hydrogen) atoms. The summed E-state index contributed by atoms with van der Waals surface area (Å²) in [7, 11) is 0. The lowest BCUT2D eigenvalue weighted by Crippen LogP contribution is -2.50. The van der Waals surface area contributed by atoms with Gasteiger partial charge in [-0.3, -0.25) is 9.59 Å². The molecule has 0 aliphatic rings. The summed E-state index contributed by atoms with van der Waals surface area (Å²) in [5.74, 6) is -0.307. The van der Waals surface area contributed by atoms with Crippen molar-refractivity contribution < 1.29 is 9.59 Å². The molecule has 0 heterocycles. The zero-order valence-corrected chi connectivity index (χ0v) is 17.7. The van der Waals surface area contributed by atoms with Crippen molar-refractivity contribution in [2.24, 2.45) is 0 Å². The van der Waals surface area contributed by atoms with Gasteiger partial charge in [0.1, 0.15) is 0 Å². The molecule has 0 radical (unpaired) electrons. The van der Waals surface area contributed by atoms with Crippen LogP contribution in [0, 0.1) is 0 Å². The van der Waals surface area contributed by atoms with E-state index >= 15 is 0 Å². The summed E-state index contributed by atoms with van der Waals surface area (Å²) in [6.45, 7) is 6.74. The largest absolute Gasteiger partial charge is 0.355 e. The van der Waals surface area contributed by atoms with Crippen LogP contribution in [0.25, 0.3) is 11.1 Å². The SMILES string of the molecule is CCCCNC(=O)CNC(=O)C(Cc1ccc(-c2ccccc2)cc1)NC(C)C. The second-order valence-corrected chi connectivity index (χ2v) is 7.56. The number of nitrogens with one attached hydrogen (secondary N) is 3. The molecule has 0 aliphatic carbocycles. The molecule has 3 N–H and O–H groups in total. The Morgan fingerprint density at radius 1 is 0.897 bits per heavy atom. The minimum absolute atomic E-state index is 0.00572. The first-order valence-electron chi connectivity index (χ1n) is 10.4. The van der Waals surface area contributed by atoms with E-state index in [1.807, 2.05) is 32.0 Å². The van der Waals surface area contributed by atoms with Crippen LogP contribution in [0.5, 0.6) is 0 Å². The number of unbranched alkanes of at least 4 members (excludes halogenated alkanes) is 1. The summed E-state index contributed by atoms with van der Waals surface area (Å²) in [6.07, 6.45) is 2.53. The first-order valence-corrected chi connectivity index (χ1v) is 10.4. The Bertz CT molecular complexity index is 757. The quantitative estimate of drug-likeness (QED) is 0.511. The lowest BCUT2D eigenvalue weighted by atomic mass is 10.00. The van der Waals surface area contributed by atoms with Crippen LogP contribution in [0.2, 0.25) is 0 Å². The van der Waals surface area contributed by atoms with Crippen LogP contribution in [0.15, 0.2) is 54.6 Å². The summed E-state index contributed by atoms with van der Waals surface area (Å²) in [6, 6.07) is 18.3. The summed E-state index contributed by atoms with van der Waals surface area (Å²) < 4.78 is 0. The predicted molar refractivity (Wildman–Crippen MR) is 119 cm³/mol. The van der Waals surface area contributed by atoms with Crippen molar-refractivity contribution in [3.63, 3.8) is 0 Å². The molecular formula is C24H33N3O2. The van der Waals surface area contributed by atoms with Crippen LogP contribution in [0.1, 0.15) is 39.2 Å². The van der Waals surface area contributed by atoms with Gasteiger partial charge in [0.2, 0.25) is 11.8 Å². The molecule has 1 unspecified atom stereocenters. The third-order valence-electron chi connectivity index (χ3n) is 4.63. The minimum Gasteiger partial charge on any atom is -0.355 e. The Balaban J connectivity index is 1.95. The lowest BCUT2D eigenvalue weighted by Gasteiger charge is -2.21. The van der Waals surface area contributed by atoms with E-state index in [0.29, 0.717) is 13.0 Å². The first-order chi connectivity index (χ1) is 14.0.